The number of nitrogens with zero attached hydrogens (tertiary/aromatic N) is 5. The third kappa shape index (κ3) is 4.38. The first-order valence-electron chi connectivity index (χ1n) is 10.7. The largest absolute Gasteiger partial charge is 0.490 e. The van der Waals surface area contributed by atoms with Crippen molar-refractivity contribution in [1.29, 1.82) is 0 Å². The molecule has 1 aromatic carbocycles. The lowest BCUT2D eigenvalue weighted by Gasteiger charge is -2.38. The highest BCUT2D eigenvalue weighted by Gasteiger charge is 2.32. The average molecular weight is 419 g/mol. The monoisotopic (exact) mass is 419 g/mol. The molecule has 8 nitrogen and oxygen atoms in total. The lowest BCUT2D eigenvalue weighted by Crippen LogP contribution is -2.49. The van der Waals surface area contributed by atoms with Crippen LogP contribution in [0.5, 0.6) is 11.6 Å². The molecule has 1 amide bonds. The van der Waals surface area contributed by atoms with Crippen LogP contribution in [0.2, 0.25) is 0 Å². The molecule has 0 spiro atoms. The molecular weight excluding hydrogens is 394 g/mol. The summed E-state index contributed by atoms with van der Waals surface area (Å²) in [6.45, 7) is 2.57. The maximum atomic E-state index is 13.5. The van der Waals surface area contributed by atoms with E-state index in [0.717, 1.165) is 31.4 Å². The summed E-state index contributed by atoms with van der Waals surface area (Å²) in [6.07, 6.45) is 9.03. The van der Waals surface area contributed by atoms with Gasteiger partial charge in [0.15, 0.2) is 0 Å². The van der Waals surface area contributed by atoms with Crippen molar-refractivity contribution in [3.63, 3.8) is 0 Å². The smallest absolute Gasteiger partial charge is 0.256 e. The minimum Gasteiger partial charge on any atom is -0.490 e. The predicted molar refractivity (Wildman–Crippen MR) is 113 cm³/mol. The number of para-hydroxylation sites is 1. The Labute approximate surface area is 180 Å². The van der Waals surface area contributed by atoms with Crippen LogP contribution in [-0.4, -0.2) is 55.6 Å². The first-order chi connectivity index (χ1) is 15.2. The molecule has 2 fully saturated rings. The molecule has 3 heterocycles. The van der Waals surface area contributed by atoms with E-state index in [-0.39, 0.29) is 18.1 Å². The van der Waals surface area contributed by atoms with Crippen LogP contribution in [0.15, 0.2) is 55.0 Å². The fraction of sp³-hybridized carbons (Fsp3) is 0.391. The second kappa shape index (κ2) is 8.37. The Bertz CT molecular complexity index is 1050. The summed E-state index contributed by atoms with van der Waals surface area (Å²) in [5.74, 6) is 1.27. The SMILES string of the molecule is CC1CCC(Oc2cc(OC3CC3)ccn2)CN1C(=O)c1ccccc1-n1nccn1. The normalized spacial score (nSPS) is 21.0. The summed E-state index contributed by atoms with van der Waals surface area (Å²) in [5.41, 5.74) is 1.24. The number of amides is 1. The topological polar surface area (TPSA) is 82.4 Å². The molecule has 2 aromatic heterocycles. The van der Waals surface area contributed by atoms with Crippen molar-refractivity contribution in [2.45, 2.75) is 50.9 Å². The zero-order chi connectivity index (χ0) is 21.2. The zero-order valence-electron chi connectivity index (χ0n) is 17.4. The van der Waals surface area contributed by atoms with Crippen LogP contribution in [0.4, 0.5) is 0 Å². The van der Waals surface area contributed by atoms with Gasteiger partial charge >= 0.3 is 0 Å². The van der Waals surface area contributed by atoms with Gasteiger partial charge in [0.1, 0.15) is 11.9 Å². The molecular formula is C23H25N5O3. The number of likely N-dealkylation sites (tertiary alicyclic amines) is 1. The molecule has 31 heavy (non-hydrogen) atoms. The van der Waals surface area contributed by atoms with Crippen molar-refractivity contribution >= 4 is 5.91 Å². The fourth-order valence-electron chi connectivity index (χ4n) is 3.85. The van der Waals surface area contributed by atoms with E-state index in [2.05, 4.69) is 22.1 Å². The van der Waals surface area contributed by atoms with Gasteiger partial charge in [0, 0.05) is 18.3 Å². The second-order valence-corrected chi connectivity index (χ2v) is 8.11. The number of benzene rings is 1. The molecule has 1 aliphatic carbocycles. The number of ether oxygens (including phenoxy) is 2. The number of piperidine rings is 1. The Balaban J connectivity index is 1.32. The summed E-state index contributed by atoms with van der Waals surface area (Å²) in [7, 11) is 0. The minimum absolute atomic E-state index is 0.0486. The standard InChI is InChI=1S/C23H25N5O3/c1-16-6-7-19(31-22-14-18(10-11-24-22)30-17-8-9-17)15-27(16)23(29)20-4-2-3-5-21(20)28-25-12-13-26-28/h2-5,10-14,16-17,19H,6-9,15H2,1H3. The third-order valence-corrected chi connectivity index (χ3v) is 5.69. The first-order valence-corrected chi connectivity index (χ1v) is 10.7. The molecule has 2 unspecified atom stereocenters. The molecule has 1 aliphatic heterocycles. The maximum absolute atomic E-state index is 13.5. The van der Waals surface area contributed by atoms with Crippen LogP contribution >= 0.6 is 0 Å². The fourth-order valence-corrected chi connectivity index (χ4v) is 3.85. The lowest BCUT2D eigenvalue weighted by atomic mass is 9.99. The van der Waals surface area contributed by atoms with E-state index < -0.39 is 0 Å². The highest BCUT2D eigenvalue weighted by molar-refractivity contribution is 5.98. The predicted octanol–water partition coefficient (Wildman–Crippen LogP) is 3.28. The summed E-state index contributed by atoms with van der Waals surface area (Å²) in [5, 5.41) is 8.38. The number of pyridine rings is 1. The molecule has 0 N–H and O–H groups in total. The van der Waals surface area contributed by atoms with Gasteiger partial charge in [-0.3, -0.25) is 4.79 Å². The number of carbonyl (C=O) groups excluding carboxylic acids is 1. The molecule has 2 aliphatic rings. The third-order valence-electron chi connectivity index (χ3n) is 5.69. The first kappa shape index (κ1) is 19.5. The summed E-state index contributed by atoms with van der Waals surface area (Å²) in [4.78, 5) is 21.2. The van der Waals surface area contributed by atoms with Crippen LogP contribution in [0.1, 0.15) is 43.0 Å². The second-order valence-electron chi connectivity index (χ2n) is 8.11. The highest BCUT2D eigenvalue weighted by atomic mass is 16.5. The van der Waals surface area contributed by atoms with Gasteiger partial charge in [-0.2, -0.15) is 15.0 Å². The number of aromatic nitrogens is 4. The number of hydrogen-bond acceptors (Lipinski definition) is 6. The van der Waals surface area contributed by atoms with Gasteiger partial charge in [0.25, 0.3) is 5.91 Å². The van der Waals surface area contributed by atoms with Gasteiger partial charge in [-0.25, -0.2) is 4.98 Å². The van der Waals surface area contributed by atoms with Crippen molar-refractivity contribution in [2.24, 2.45) is 0 Å². The van der Waals surface area contributed by atoms with Gasteiger partial charge in [-0.05, 0) is 50.8 Å². The Morgan fingerprint density at radius 3 is 2.55 bits per heavy atom. The van der Waals surface area contributed by atoms with Crippen molar-refractivity contribution in [2.75, 3.05) is 6.54 Å². The van der Waals surface area contributed by atoms with E-state index in [9.17, 15) is 4.79 Å². The molecule has 3 aromatic rings. The summed E-state index contributed by atoms with van der Waals surface area (Å²) >= 11 is 0. The van der Waals surface area contributed by atoms with Crippen LogP contribution in [0.25, 0.3) is 5.69 Å². The van der Waals surface area contributed by atoms with E-state index in [0.29, 0.717) is 29.8 Å². The quantitative estimate of drug-likeness (QED) is 0.610. The summed E-state index contributed by atoms with van der Waals surface area (Å²) < 4.78 is 12.0. The number of carbonyl (C=O) groups is 1. The molecule has 160 valence electrons. The molecule has 1 saturated heterocycles. The van der Waals surface area contributed by atoms with Crippen LogP contribution in [0.3, 0.4) is 0 Å². The van der Waals surface area contributed by atoms with Crippen LogP contribution in [-0.2, 0) is 0 Å². The molecule has 0 radical (unpaired) electrons. The van der Waals surface area contributed by atoms with Gasteiger partial charge < -0.3 is 14.4 Å². The Kier molecular flexibility index (Phi) is 5.28. The van der Waals surface area contributed by atoms with Crippen molar-refractivity contribution < 1.29 is 14.3 Å². The van der Waals surface area contributed by atoms with Gasteiger partial charge in [-0.1, -0.05) is 12.1 Å². The number of hydrogen-bond donors (Lipinski definition) is 0. The summed E-state index contributed by atoms with van der Waals surface area (Å²) in [6, 6.07) is 11.2. The molecule has 2 atom stereocenters. The number of rotatable bonds is 6. The van der Waals surface area contributed by atoms with E-state index in [1.807, 2.05) is 41.3 Å². The van der Waals surface area contributed by atoms with E-state index >= 15 is 0 Å². The van der Waals surface area contributed by atoms with Crippen LogP contribution < -0.4 is 9.47 Å². The van der Waals surface area contributed by atoms with Crippen molar-refractivity contribution in [3.05, 3.63) is 60.6 Å². The van der Waals surface area contributed by atoms with Crippen LogP contribution in [0, 0.1) is 0 Å². The average Bonchev–Trinajstić information content (AvgIpc) is 3.43. The molecule has 1 saturated carbocycles. The Morgan fingerprint density at radius 2 is 1.74 bits per heavy atom. The molecule has 5 rings (SSSR count). The van der Waals surface area contributed by atoms with Gasteiger partial charge in [0.2, 0.25) is 5.88 Å². The minimum atomic E-state index is -0.126. The highest BCUT2D eigenvalue weighted by Crippen LogP contribution is 2.29. The Hall–Kier alpha value is -3.42. The van der Waals surface area contributed by atoms with E-state index in [4.69, 9.17) is 9.47 Å². The van der Waals surface area contributed by atoms with Gasteiger partial charge in [0.05, 0.1) is 36.3 Å². The van der Waals surface area contributed by atoms with Gasteiger partial charge in [-0.15, -0.1) is 0 Å². The molecule has 8 heteroatoms. The van der Waals surface area contributed by atoms with E-state index in [1.54, 1.807) is 18.6 Å². The van der Waals surface area contributed by atoms with Crippen molar-refractivity contribution in [1.82, 2.24) is 24.9 Å². The molecule has 0 bridgehead atoms. The van der Waals surface area contributed by atoms with Crippen molar-refractivity contribution in [3.8, 4) is 17.3 Å². The lowest BCUT2D eigenvalue weighted by molar-refractivity contribution is 0.0371. The Morgan fingerprint density at radius 1 is 0.968 bits per heavy atom. The maximum Gasteiger partial charge on any atom is 0.256 e. The zero-order valence-corrected chi connectivity index (χ0v) is 17.4. The van der Waals surface area contributed by atoms with E-state index in [1.165, 1.54) is 4.80 Å².